The molecule has 1 aromatic heterocycles. The molecule has 4 bridgehead atoms. The molecule has 0 N–H and O–H groups in total. The maximum Gasteiger partial charge on any atom is 0.165 e. The van der Waals surface area contributed by atoms with Crippen molar-refractivity contribution in [3.8, 4) is 11.5 Å². The smallest absolute Gasteiger partial charge is 0.165 e. The second kappa shape index (κ2) is 7.50. The van der Waals surface area contributed by atoms with Crippen molar-refractivity contribution >= 4 is 0 Å². The van der Waals surface area contributed by atoms with E-state index in [0.29, 0.717) is 25.2 Å². The monoisotopic (exact) mass is 479 g/mol. The lowest BCUT2D eigenvalue weighted by Gasteiger charge is -2.73. The van der Waals surface area contributed by atoms with Crippen LogP contribution in [0.1, 0.15) is 49.3 Å². The molecule has 188 valence electrons. The molecule has 6 nitrogen and oxygen atoms in total. The second-order valence-electron chi connectivity index (χ2n) is 11.9. The highest BCUT2D eigenvalue weighted by atomic mass is 16.6. The molecule has 1 saturated heterocycles. The molecule has 0 amide bonds. The summed E-state index contributed by atoms with van der Waals surface area (Å²) in [4.78, 5) is 2.65. The number of piperidine rings is 1. The normalized spacial score (nSPS) is 40.8. The molecule has 6 heteroatoms. The molecule has 35 heavy (non-hydrogen) atoms. The summed E-state index contributed by atoms with van der Waals surface area (Å²) in [6, 6.07) is 6.90. The van der Waals surface area contributed by atoms with Gasteiger partial charge in [0, 0.05) is 40.5 Å². The number of hydrogen-bond acceptors (Lipinski definition) is 6. The summed E-state index contributed by atoms with van der Waals surface area (Å²) >= 11 is 0. The number of fused-ring (bicyclic) bond motifs is 1. The van der Waals surface area contributed by atoms with Crippen LogP contribution in [0.15, 0.2) is 35.1 Å². The van der Waals surface area contributed by atoms with Gasteiger partial charge in [0.25, 0.3) is 0 Å². The van der Waals surface area contributed by atoms with E-state index in [4.69, 9.17) is 23.4 Å². The van der Waals surface area contributed by atoms with Crippen LogP contribution >= 0.6 is 0 Å². The first-order chi connectivity index (χ1) is 17.0. The van der Waals surface area contributed by atoms with Crippen LogP contribution in [0.2, 0.25) is 0 Å². The lowest BCUT2D eigenvalue weighted by Crippen LogP contribution is -2.78. The van der Waals surface area contributed by atoms with Crippen LogP contribution in [0.5, 0.6) is 11.5 Å². The molecule has 2 spiro atoms. The van der Waals surface area contributed by atoms with E-state index in [-0.39, 0.29) is 28.5 Å². The topological polar surface area (TPSA) is 53.3 Å². The van der Waals surface area contributed by atoms with Crippen molar-refractivity contribution in [3.63, 3.8) is 0 Å². The van der Waals surface area contributed by atoms with Gasteiger partial charge in [0.2, 0.25) is 0 Å². The first-order valence-electron chi connectivity index (χ1n) is 13.2. The van der Waals surface area contributed by atoms with Gasteiger partial charge in [-0.05, 0) is 69.3 Å². The Kier molecular flexibility index (Phi) is 4.76. The van der Waals surface area contributed by atoms with Gasteiger partial charge in [-0.15, -0.1) is 0 Å². The Morgan fingerprint density at radius 1 is 1.17 bits per heavy atom. The third kappa shape index (κ3) is 2.56. The quantitative estimate of drug-likeness (QED) is 0.604. The van der Waals surface area contributed by atoms with E-state index in [9.17, 15) is 0 Å². The molecule has 7 atom stereocenters. The van der Waals surface area contributed by atoms with Crippen molar-refractivity contribution in [1.82, 2.24) is 4.90 Å². The van der Waals surface area contributed by atoms with Crippen LogP contribution in [0.25, 0.3) is 0 Å². The van der Waals surface area contributed by atoms with Crippen molar-refractivity contribution in [2.45, 2.75) is 69.3 Å². The zero-order chi connectivity index (χ0) is 24.0. The molecule has 5 aliphatic rings. The predicted molar refractivity (Wildman–Crippen MR) is 131 cm³/mol. The van der Waals surface area contributed by atoms with Crippen LogP contribution in [-0.2, 0) is 27.9 Å². The van der Waals surface area contributed by atoms with E-state index in [2.05, 4.69) is 31.0 Å². The molecule has 1 aromatic carbocycles. The number of nitrogens with zero attached hydrogens (tertiary/aromatic N) is 1. The molecule has 2 aliphatic heterocycles. The fourth-order valence-corrected chi connectivity index (χ4v) is 9.39. The van der Waals surface area contributed by atoms with E-state index in [1.807, 2.05) is 13.2 Å². The van der Waals surface area contributed by atoms with Crippen LogP contribution in [0, 0.1) is 16.7 Å². The maximum absolute atomic E-state index is 7.06. The van der Waals surface area contributed by atoms with Crippen molar-refractivity contribution < 1.29 is 23.4 Å². The molecule has 3 fully saturated rings. The fraction of sp³-hybridized carbons (Fsp3) is 0.655. The molecule has 2 unspecified atom stereocenters. The Hall–Kier alpha value is -2.02. The number of benzene rings is 1. The Morgan fingerprint density at radius 2 is 2.06 bits per heavy atom. The van der Waals surface area contributed by atoms with Crippen LogP contribution in [0.4, 0.5) is 0 Å². The Bertz CT molecular complexity index is 1130. The molecule has 0 radical (unpaired) electrons. The second-order valence-corrected chi connectivity index (χ2v) is 11.9. The third-order valence-electron chi connectivity index (χ3n) is 10.9. The maximum atomic E-state index is 7.06. The van der Waals surface area contributed by atoms with E-state index in [0.717, 1.165) is 42.9 Å². The fourth-order valence-electron chi connectivity index (χ4n) is 9.39. The van der Waals surface area contributed by atoms with Crippen molar-refractivity contribution in [1.29, 1.82) is 0 Å². The lowest BCUT2D eigenvalue weighted by atomic mass is 9.35. The summed E-state index contributed by atoms with van der Waals surface area (Å²) < 4.78 is 31.2. The first kappa shape index (κ1) is 22.2. The minimum Gasteiger partial charge on any atom is -0.493 e. The van der Waals surface area contributed by atoms with Gasteiger partial charge in [-0.1, -0.05) is 13.0 Å². The molecular formula is C29H37NO5. The third-order valence-corrected chi connectivity index (χ3v) is 10.9. The number of hydrogen-bond donors (Lipinski definition) is 0. The van der Waals surface area contributed by atoms with Gasteiger partial charge in [-0.2, -0.15) is 0 Å². The highest BCUT2D eigenvalue weighted by molar-refractivity contribution is 5.63. The average molecular weight is 480 g/mol. The number of rotatable bonds is 6. The Balaban J connectivity index is 1.39. The van der Waals surface area contributed by atoms with Crippen molar-refractivity contribution in [2.75, 3.05) is 34.4 Å². The zero-order valence-electron chi connectivity index (χ0n) is 21.3. The van der Waals surface area contributed by atoms with E-state index < -0.39 is 0 Å². The van der Waals surface area contributed by atoms with Gasteiger partial charge >= 0.3 is 0 Å². The molecular weight excluding hydrogens is 442 g/mol. The summed E-state index contributed by atoms with van der Waals surface area (Å²) in [5.74, 6) is 2.33. The summed E-state index contributed by atoms with van der Waals surface area (Å²) in [6.45, 7) is 4.74. The van der Waals surface area contributed by atoms with E-state index in [1.54, 1.807) is 19.6 Å². The van der Waals surface area contributed by atoms with Crippen molar-refractivity contribution in [2.24, 2.45) is 16.7 Å². The lowest BCUT2D eigenvalue weighted by molar-refractivity contribution is -0.264. The number of likely N-dealkylation sites (N-methyl/N-ethyl adjacent to an activating group) is 1. The Labute approximate surface area is 207 Å². The van der Waals surface area contributed by atoms with Crippen LogP contribution in [0.3, 0.4) is 0 Å². The van der Waals surface area contributed by atoms with Gasteiger partial charge in [-0.3, -0.25) is 0 Å². The number of methoxy groups -OCH3 is 2. The highest BCUT2D eigenvalue weighted by Crippen LogP contribution is 2.76. The van der Waals surface area contributed by atoms with Gasteiger partial charge in [-0.25, -0.2) is 0 Å². The number of furan rings is 1. The highest BCUT2D eigenvalue weighted by Gasteiger charge is 2.78. The van der Waals surface area contributed by atoms with Crippen molar-refractivity contribution in [3.05, 3.63) is 47.4 Å². The van der Waals surface area contributed by atoms with E-state index in [1.165, 1.54) is 24.0 Å². The largest absolute Gasteiger partial charge is 0.493 e. The molecule has 3 heterocycles. The summed E-state index contributed by atoms with van der Waals surface area (Å²) in [6.07, 6.45) is 9.17. The van der Waals surface area contributed by atoms with Crippen LogP contribution in [-0.4, -0.2) is 57.6 Å². The summed E-state index contributed by atoms with van der Waals surface area (Å²) in [5, 5.41) is 0. The SMILES string of the molecule is COc1ccc2c3c1O[C@H]1C(OC)[C@]4(COCc5ccoc5)C[C@]5(CCC4C)[C@@H](C2)N(C)CC[C@]315. The van der Waals surface area contributed by atoms with Crippen LogP contribution < -0.4 is 9.47 Å². The van der Waals surface area contributed by atoms with Gasteiger partial charge in [0.15, 0.2) is 11.5 Å². The molecule has 3 aliphatic carbocycles. The molecule has 2 aromatic rings. The summed E-state index contributed by atoms with van der Waals surface area (Å²) in [5.41, 5.74) is 3.98. The van der Waals surface area contributed by atoms with Gasteiger partial charge < -0.3 is 28.3 Å². The number of likely N-dealkylation sites (tertiary alicyclic amines) is 1. The minimum absolute atomic E-state index is 0.0249. The minimum atomic E-state index is -0.103. The molecule has 2 saturated carbocycles. The zero-order valence-corrected chi connectivity index (χ0v) is 21.3. The van der Waals surface area contributed by atoms with Gasteiger partial charge in [0.05, 0.1) is 32.8 Å². The van der Waals surface area contributed by atoms with E-state index >= 15 is 0 Å². The standard InChI is InChI=1S/C29H37NO5/c1-18-7-9-28-16-27(18,17-34-15-19-8-12-33-14-19)25(32-4)26-29(28)10-11-30(2)22(28)13-20-5-6-21(31-3)24(35-26)23(20)29/h5-6,8,12,14,18,22,25-26H,7,9-11,13,15-17H2,1-4H3/t18?,22-,25?,26+,27+,28-,29+/m1/s1. The molecule has 7 rings (SSSR count). The summed E-state index contributed by atoms with van der Waals surface area (Å²) in [7, 11) is 5.98. The predicted octanol–water partition coefficient (Wildman–Crippen LogP) is 4.59. The Morgan fingerprint density at radius 3 is 2.83 bits per heavy atom. The average Bonchev–Trinajstić information content (AvgIpc) is 3.49. The number of ether oxygens (including phenoxy) is 4. The van der Waals surface area contributed by atoms with Gasteiger partial charge in [0.1, 0.15) is 12.2 Å². The first-order valence-corrected chi connectivity index (χ1v) is 13.2.